The van der Waals surface area contributed by atoms with Gasteiger partial charge >= 0.3 is 0 Å². The monoisotopic (exact) mass is 365 g/mol. The molecule has 2 aromatic carbocycles. The fourth-order valence-electron chi connectivity index (χ4n) is 3.45. The van der Waals surface area contributed by atoms with Crippen LogP contribution in [-0.4, -0.2) is 15.5 Å². The van der Waals surface area contributed by atoms with Crippen LogP contribution >= 0.6 is 11.6 Å². The van der Waals surface area contributed by atoms with Crippen molar-refractivity contribution in [3.05, 3.63) is 82.9 Å². The number of aryl methyl sites for hydroxylation is 1. The van der Waals surface area contributed by atoms with Crippen molar-refractivity contribution in [1.82, 2.24) is 14.9 Å². The third-order valence-corrected chi connectivity index (χ3v) is 5.31. The highest BCUT2D eigenvalue weighted by molar-refractivity contribution is 6.31. The van der Waals surface area contributed by atoms with Crippen LogP contribution in [-0.2, 0) is 11.3 Å². The maximum atomic E-state index is 12.6. The molecule has 1 heterocycles. The zero-order valence-electron chi connectivity index (χ0n) is 14.5. The van der Waals surface area contributed by atoms with Crippen LogP contribution in [0.4, 0.5) is 0 Å². The predicted octanol–water partition coefficient (Wildman–Crippen LogP) is 4.25. The summed E-state index contributed by atoms with van der Waals surface area (Å²) in [7, 11) is 0. The number of aromatic nitrogens is 2. The Kier molecular flexibility index (Phi) is 4.51. The fourth-order valence-corrected chi connectivity index (χ4v) is 3.72. The first-order valence-corrected chi connectivity index (χ1v) is 9.13. The maximum Gasteiger partial charge on any atom is 0.224 e. The van der Waals surface area contributed by atoms with Crippen LogP contribution < -0.4 is 5.32 Å². The lowest BCUT2D eigenvalue weighted by molar-refractivity contribution is -0.122. The third-order valence-electron chi connectivity index (χ3n) is 4.96. The number of benzene rings is 2. The van der Waals surface area contributed by atoms with E-state index in [2.05, 4.69) is 10.3 Å². The number of hydrogen-bond donors (Lipinski definition) is 1. The van der Waals surface area contributed by atoms with E-state index in [0.29, 0.717) is 6.54 Å². The quantitative estimate of drug-likeness (QED) is 0.734. The van der Waals surface area contributed by atoms with Gasteiger partial charge in [-0.3, -0.25) is 4.79 Å². The summed E-state index contributed by atoms with van der Waals surface area (Å²) in [4.78, 5) is 16.8. The zero-order valence-corrected chi connectivity index (χ0v) is 15.3. The molecule has 0 aliphatic heterocycles. The average molecular weight is 366 g/mol. The summed E-state index contributed by atoms with van der Waals surface area (Å²) >= 11 is 6.25. The van der Waals surface area contributed by atoms with Crippen molar-refractivity contribution in [1.29, 1.82) is 0 Å². The van der Waals surface area contributed by atoms with Gasteiger partial charge in [0.1, 0.15) is 5.82 Å². The van der Waals surface area contributed by atoms with Crippen LogP contribution in [0.25, 0.3) is 5.69 Å². The van der Waals surface area contributed by atoms with Gasteiger partial charge in [0.25, 0.3) is 0 Å². The lowest BCUT2D eigenvalue weighted by atomic mass is 10.1. The second-order valence-corrected chi connectivity index (χ2v) is 7.07. The van der Waals surface area contributed by atoms with Crippen LogP contribution in [0.1, 0.15) is 29.3 Å². The number of nitrogens with zero attached hydrogens (tertiary/aromatic N) is 2. The molecule has 0 bridgehead atoms. The molecular formula is C21H20ClN3O. The number of amides is 1. The van der Waals surface area contributed by atoms with Crippen molar-refractivity contribution >= 4 is 17.5 Å². The fraction of sp³-hybridized carbons (Fsp3) is 0.238. The standard InChI is InChI=1S/C21H20ClN3O/c1-14-23-10-11-25(14)20-9-5-2-6-15(20)13-24-21(26)18-12-17(18)16-7-3-4-8-19(16)22/h2-11,17-18H,12-13H2,1H3,(H,24,26)/t17-,18-/m0/s1. The molecule has 1 aromatic heterocycles. The third kappa shape index (κ3) is 3.25. The highest BCUT2D eigenvalue weighted by Gasteiger charge is 2.44. The van der Waals surface area contributed by atoms with Crippen molar-refractivity contribution in [3.63, 3.8) is 0 Å². The van der Waals surface area contributed by atoms with Gasteiger partial charge in [0.05, 0.1) is 5.69 Å². The minimum atomic E-state index is 0.0112. The van der Waals surface area contributed by atoms with E-state index in [0.717, 1.165) is 34.1 Å². The normalized spacial score (nSPS) is 18.5. The molecule has 0 radical (unpaired) electrons. The summed E-state index contributed by atoms with van der Waals surface area (Å²) in [6.07, 6.45) is 4.57. The summed E-state index contributed by atoms with van der Waals surface area (Å²) in [6, 6.07) is 15.8. The van der Waals surface area contributed by atoms with Crippen molar-refractivity contribution in [3.8, 4) is 5.69 Å². The Balaban J connectivity index is 1.44. The molecule has 3 aromatic rings. The van der Waals surface area contributed by atoms with E-state index in [1.54, 1.807) is 6.20 Å². The van der Waals surface area contributed by atoms with Crippen molar-refractivity contribution in [2.75, 3.05) is 0 Å². The zero-order chi connectivity index (χ0) is 18.1. The number of para-hydroxylation sites is 1. The summed E-state index contributed by atoms with van der Waals surface area (Å²) in [5, 5.41) is 3.83. The van der Waals surface area contributed by atoms with Crippen molar-refractivity contribution < 1.29 is 4.79 Å². The van der Waals surface area contributed by atoms with Gasteiger partial charge in [-0.25, -0.2) is 4.98 Å². The molecule has 1 aliphatic rings. The molecule has 1 aliphatic carbocycles. The van der Waals surface area contributed by atoms with Gasteiger partial charge < -0.3 is 9.88 Å². The maximum absolute atomic E-state index is 12.6. The number of carbonyl (C=O) groups is 1. The number of imidazole rings is 1. The first kappa shape index (κ1) is 16.9. The number of hydrogen-bond acceptors (Lipinski definition) is 2. The highest BCUT2D eigenvalue weighted by Crippen LogP contribution is 2.49. The lowest BCUT2D eigenvalue weighted by Gasteiger charge is -2.13. The summed E-state index contributed by atoms with van der Waals surface area (Å²) in [5.74, 6) is 1.25. The Labute approximate surface area is 157 Å². The summed E-state index contributed by atoms with van der Waals surface area (Å²) in [6.45, 7) is 2.46. The largest absolute Gasteiger partial charge is 0.352 e. The first-order valence-electron chi connectivity index (χ1n) is 8.75. The molecule has 2 atom stereocenters. The van der Waals surface area contributed by atoms with E-state index in [-0.39, 0.29) is 17.7 Å². The molecule has 0 spiro atoms. The minimum Gasteiger partial charge on any atom is -0.352 e. The van der Waals surface area contributed by atoms with Gasteiger partial charge in [-0.05, 0) is 42.5 Å². The smallest absolute Gasteiger partial charge is 0.224 e. The Hall–Kier alpha value is -2.59. The van der Waals surface area contributed by atoms with Crippen molar-refractivity contribution in [2.45, 2.75) is 25.8 Å². The molecule has 4 nitrogen and oxygen atoms in total. The summed E-state index contributed by atoms with van der Waals surface area (Å²) < 4.78 is 2.03. The number of nitrogens with one attached hydrogen (secondary N) is 1. The van der Waals surface area contributed by atoms with E-state index in [1.165, 1.54) is 0 Å². The SMILES string of the molecule is Cc1nccn1-c1ccccc1CNC(=O)[C@H]1C[C@H]1c1ccccc1Cl. The van der Waals surface area contributed by atoms with Gasteiger partial charge in [-0.2, -0.15) is 0 Å². The molecule has 0 unspecified atom stereocenters. The van der Waals surface area contributed by atoms with Crippen LogP contribution in [0.3, 0.4) is 0 Å². The summed E-state index contributed by atoms with van der Waals surface area (Å²) in [5.41, 5.74) is 3.18. The van der Waals surface area contributed by atoms with E-state index >= 15 is 0 Å². The van der Waals surface area contributed by atoms with E-state index in [4.69, 9.17) is 11.6 Å². The first-order chi connectivity index (χ1) is 12.6. The average Bonchev–Trinajstić information content (AvgIpc) is 3.34. The molecule has 132 valence electrons. The number of rotatable bonds is 5. The molecule has 1 fully saturated rings. The van der Waals surface area contributed by atoms with E-state index < -0.39 is 0 Å². The van der Waals surface area contributed by atoms with E-state index in [9.17, 15) is 4.79 Å². The van der Waals surface area contributed by atoms with Crippen LogP contribution in [0.5, 0.6) is 0 Å². The lowest BCUT2D eigenvalue weighted by Crippen LogP contribution is -2.25. The molecule has 0 saturated heterocycles. The molecular weight excluding hydrogens is 346 g/mol. The molecule has 26 heavy (non-hydrogen) atoms. The minimum absolute atomic E-state index is 0.0112. The van der Waals surface area contributed by atoms with Gasteiger partial charge in [0, 0.05) is 29.9 Å². The Morgan fingerprint density at radius 1 is 1.23 bits per heavy atom. The van der Waals surface area contributed by atoms with Crippen LogP contribution in [0.2, 0.25) is 5.02 Å². The molecule has 5 heteroatoms. The Morgan fingerprint density at radius 2 is 2.00 bits per heavy atom. The topological polar surface area (TPSA) is 46.9 Å². The molecule has 1 saturated carbocycles. The number of halogens is 1. The predicted molar refractivity (Wildman–Crippen MR) is 102 cm³/mol. The van der Waals surface area contributed by atoms with Crippen LogP contribution in [0.15, 0.2) is 60.9 Å². The van der Waals surface area contributed by atoms with E-state index in [1.807, 2.05) is 66.2 Å². The second-order valence-electron chi connectivity index (χ2n) is 6.66. The van der Waals surface area contributed by atoms with Crippen LogP contribution in [0, 0.1) is 12.8 Å². The molecule has 4 rings (SSSR count). The Bertz CT molecular complexity index is 950. The molecule has 1 N–H and O–H groups in total. The van der Waals surface area contributed by atoms with Gasteiger partial charge in [0.15, 0.2) is 0 Å². The highest BCUT2D eigenvalue weighted by atomic mass is 35.5. The second kappa shape index (κ2) is 6.96. The number of carbonyl (C=O) groups excluding carboxylic acids is 1. The van der Waals surface area contributed by atoms with Gasteiger partial charge in [-0.15, -0.1) is 0 Å². The van der Waals surface area contributed by atoms with Crippen molar-refractivity contribution in [2.24, 2.45) is 5.92 Å². The van der Waals surface area contributed by atoms with Gasteiger partial charge in [-0.1, -0.05) is 48.0 Å². The Morgan fingerprint density at radius 3 is 2.77 bits per heavy atom. The molecule has 1 amide bonds. The van der Waals surface area contributed by atoms with Gasteiger partial charge in [0.2, 0.25) is 5.91 Å².